The summed E-state index contributed by atoms with van der Waals surface area (Å²) in [5, 5.41) is 5.97. The quantitative estimate of drug-likeness (QED) is 0.892. The first kappa shape index (κ1) is 16.8. The standard InChI is InChI=1S/C19H27N3O2/c1-19(2)15-12-13(8-9-16(15)22(3)17(19)23)10-11-20-18(24)21-14-6-4-5-7-14/h8-9,12,14H,4-7,10-11H2,1-3H3,(H2,20,21,24). The zero-order valence-electron chi connectivity index (χ0n) is 14.8. The summed E-state index contributed by atoms with van der Waals surface area (Å²) >= 11 is 0. The van der Waals surface area contributed by atoms with Gasteiger partial charge in [0.2, 0.25) is 5.91 Å². The number of nitrogens with zero attached hydrogens (tertiary/aromatic N) is 1. The molecular formula is C19H27N3O2. The van der Waals surface area contributed by atoms with Crippen LogP contribution in [0.1, 0.15) is 50.7 Å². The molecule has 24 heavy (non-hydrogen) atoms. The van der Waals surface area contributed by atoms with Crippen LogP contribution >= 0.6 is 0 Å². The molecule has 2 aliphatic rings. The number of nitrogens with one attached hydrogen (secondary N) is 2. The van der Waals surface area contributed by atoms with Gasteiger partial charge in [-0.3, -0.25) is 4.79 Å². The molecular weight excluding hydrogens is 302 g/mol. The molecule has 5 nitrogen and oxygen atoms in total. The van der Waals surface area contributed by atoms with Crippen molar-refractivity contribution in [1.82, 2.24) is 10.6 Å². The number of hydrogen-bond acceptors (Lipinski definition) is 2. The van der Waals surface area contributed by atoms with Gasteiger partial charge in [-0.1, -0.05) is 25.0 Å². The van der Waals surface area contributed by atoms with Crippen molar-refractivity contribution in [2.75, 3.05) is 18.5 Å². The summed E-state index contributed by atoms with van der Waals surface area (Å²) in [7, 11) is 1.82. The first-order valence-electron chi connectivity index (χ1n) is 8.85. The molecule has 0 atom stereocenters. The largest absolute Gasteiger partial charge is 0.338 e. The van der Waals surface area contributed by atoms with E-state index in [0.717, 1.165) is 36.1 Å². The maximum atomic E-state index is 12.3. The van der Waals surface area contributed by atoms with E-state index in [0.29, 0.717) is 12.6 Å². The molecule has 0 spiro atoms. The normalized spacial score (nSPS) is 19.5. The van der Waals surface area contributed by atoms with Crippen LogP contribution in [-0.2, 0) is 16.6 Å². The minimum Gasteiger partial charge on any atom is -0.338 e. The van der Waals surface area contributed by atoms with Crippen molar-refractivity contribution < 1.29 is 9.59 Å². The molecule has 1 saturated carbocycles. The molecule has 2 N–H and O–H groups in total. The van der Waals surface area contributed by atoms with Crippen LogP contribution in [0.2, 0.25) is 0 Å². The molecule has 0 unspecified atom stereocenters. The van der Waals surface area contributed by atoms with Gasteiger partial charge in [-0.15, -0.1) is 0 Å². The highest BCUT2D eigenvalue weighted by molar-refractivity contribution is 6.07. The smallest absolute Gasteiger partial charge is 0.315 e. The predicted octanol–water partition coefficient (Wildman–Crippen LogP) is 2.72. The molecule has 3 rings (SSSR count). The Balaban J connectivity index is 1.56. The molecule has 1 aliphatic carbocycles. The highest BCUT2D eigenvalue weighted by atomic mass is 16.2. The fourth-order valence-electron chi connectivity index (χ4n) is 3.80. The Morgan fingerprint density at radius 2 is 2.00 bits per heavy atom. The monoisotopic (exact) mass is 329 g/mol. The van der Waals surface area contributed by atoms with Gasteiger partial charge in [-0.25, -0.2) is 4.79 Å². The van der Waals surface area contributed by atoms with Crippen LogP contribution in [0.25, 0.3) is 0 Å². The van der Waals surface area contributed by atoms with Gasteiger partial charge in [-0.2, -0.15) is 0 Å². The summed E-state index contributed by atoms with van der Waals surface area (Å²) in [6, 6.07) is 6.43. The van der Waals surface area contributed by atoms with E-state index in [9.17, 15) is 9.59 Å². The van der Waals surface area contributed by atoms with Crippen molar-refractivity contribution >= 4 is 17.6 Å². The third-order valence-corrected chi connectivity index (χ3v) is 5.32. The Bertz CT molecular complexity index is 648. The third kappa shape index (κ3) is 3.12. The molecule has 0 bridgehead atoms. The number of benzene rings is 1. The zero-order chi connectivity index (χ0) is 17.3. The van der Waals surface area contributed by atoms with Crippen molar-refractivity contribution in [3.8, 4) is 0 Å². The molecule has 130 valence electrons. The number of amides is 3. The van der Waals surface area contributed by atoms with Gasteiger partial charge in [-0.05, 0) is 50.3 Å². The van der Waals surface area contributed by atoms with Crippen molar-refractivity contribution in [2.24, 2.45) is 0 Å². The molecule has 1 aliphatic heterocycles. The summed E-state index contributed by atoms with van der Waals surface area (Å²) in [5.41, 5.74) is 2.72. The number of fused-ring (bicyclic) bond motifs is 1. The lowest BCUT2D eigenvalue weighted by atomic mass is 9.85. The molecule has 5 heteroatoms. The van der Waals surface area contributed by atoms with Gasteiger partial charge in [0, 0.05) is 25.3 Å². The van der Waals surface area contributed by atoms with Crippen LogP contribution in [0, 0.1) is 0 Å². The number of carbonyl (C=O) groups excluding carboxylic acids is 2. The lowest BCUT2D eigenvalue weighted by molar-refractivity contribution is -0.121. The van der Waals surface area contributed by atoms with Crippen molar-refractivity contribution in [1.29, 1.82) is 0 Å². The predicted molar refractivity (Wildman–Crippen MR) is 95.4 cm³/mol. The Morgan fingerprint density at radius 3 is 2.71 bits per heavy atom. The second kappa shape index (κ2) is 6.46. The number of rotatable bonds is 4. The lowest BCUT2D eigenvalue weighted by Gasteiger charge is -2.17. The van der Waals surface area contributed by atoms with E-state index in [2.05, 4.69) is 16.7 Å². The molecule has 1 aromatic carbocycles. The van der Waals surface area contributed by atoms with Gasteiger partial charge in [0.1, 0.15) is 0 Å². The van der Waals surface area contributed by atoms with Gasteiger partial charge >= 0.3 is 6.03 Å². The Kier molecular flexibility index (Phi) is 4.52. The molecule has 0 radical (unpaired) electrons. The summed E-state index contributed by atoms with van der Waals surface area (Å²) in [6.45, 7) is 4.53. The first-order chi connectivity index (χ1) is 11.4. The van der Waals surface area contributed by atoms with E-state index in [1.807, 2.05) is 33.0 Å². The van der Waals surface area contributed by atoms with E-state index >= 15 is 0 Å². The van der Waals surface area contributed by atoms with Gasteiger partial charge in [0.15, 0.2) is 0 Å². The Hall–Kier alpha value is -2.04. The molecule has 1 aromatic rings. The molecule has 1 heterocycles. The SMILES string of the molecule is CN1C(=O)C(C)(C)c2cc(CCNC(=O)NC3CCCC3)ccc21. The van der Waals surface area contributed by atoms with E-state index in [-0.39, 0.29) is 11.9 Å². The van der Waals surface area contributed by atoms with E-state index in [1.54, 1.807) is 4.90 Å². The van der Waals surface area contributed by atoms with E-state index in [1.165, 1.54) is 12.8 Å². The summed E-state index contributed by atoms with van der Waals surface area (Å²) in [5.74, 6) is 0.128. The average Bonchev–Trinajstić information content (AvgIpc) is 3.11. The zero-order valence-corrected chi connectivity index (χ0v) is 14.8. The van der Waals surface area contributed by atoms with E-state index in [4.69, 9.17) is 0 Å². The van der Waals surface area contributed by atoms with Crippen LogP contribution in [0.5, 0.6) is 0 Å². The highest BCUT2D eigenvalue weighted by Gasteiger charge is 2.42. The number of anilines is 1. The lowest BCUT2D eigenvalue weighted by Crippen LogP contribution is -2.41. The average molecular weight is 329 g/mol. The van der Waals surface area contributed by atoms with Gasteiger partial charge in [0.05, 0.1) is 5.41 Å². The Labute approximate surface area is 143 Å². The van der Waals surface area contributed by atoms with Crippen LogP contribution in [0.4, 0.5) is 10.5 Å². The van der Waals surface area contributed by atoms with Crippen molar-refractivity contribution in [3.05, 3.63) is 29.3 Å². The van der Waals surface area contributed by atoms with Crippen LogP contribution < -0.4 is 15.5 Å². The molecule has 3 amide bonds. The molecule has 0 saturated heterocycles. The summed E-state index contributed by atoms with van der Waals surface area (Å²) in [6.07, 6.45) is 5.37. The number of hydrogen-bond donors (Lipinski definition) is 2. The molecule has 0 aromatic heterocycles. The van der Waals surface area contributed by atoms with Crippen LogP contribution in [-0.4, -0.2) is 31.6 Å². The number of carbonyl (C=O) groups is 2. The topological polar surface area (TPSA) is 61.4 Å². The first-order valence-corrected chi connectivity index (χ1v) is 8.85. The maximum absolute atomic E-state index is 12.3. The van der Waals surface area contributed by atoms with Crippen molar-refractivity contribution in [3.63, 3.8) is 0 Å². The highest BCUT2D eigenvalue weighted by Crippen LogP contribution is 2.41. The second-order valence-electron chi connectivity index (χ2n) is 7.47. The minimum atomic E-state index is -0.479. The fourth-order valence-corrected chi connectivity index (χ4v) is 3.80. The van der Waals surface area contributed by atoms with Crippen LogP contribution in [0.3, 0.4) is 0 Å². The Morgan fingerprint density at radius 1 is 1.29 bits per heavy atom. The van der Waals surface area contributed by atoms with E-state index < -0.39 is 5.41 Å². The number of likely N-dealkylation sites (N-methyl/N-ethyl adjacent to an activating group) is 1. The summed E-state index contributed by atoms with van der Waals surface area (Å²) in [4.78, 5) is 25.9. The minimum absolute atomic E-state index is 0.0710. The number of urea groups is 1. The fraction of sp³-hybridized carbons (Fsp3) is 0.579. The van der Waals surface area contributed by atoms with Crippen molar-refractivity contribution in [2.45, 2.75) is 57.4 Å². The van der Waals surface area contributed by atoms with Crippen LogP contribution in [0.15, 0.2) is 18.2 Å². The maximum Gasteiger partial charge on any atom is 0.315 e. The second-order valence-corrected chi connectivity index (χ2v) is 7.47. The summed E-state index contributed by atoms with van der Waals surface area (Å²) < 4.78 is 0. The van der Waals surface area contributed by atoms with Gasteiger partial charge in [0.25, 0.3) is 0 Å². The molecule has 1 fully saturated rings. The van der Waals surface area contributed by atoms with Gasteiger partial charge < -0.3 is 15.5 Å². The third-order valence-electron chi connectivity index (χ3n) is 5.32.